The molecule has 26 rings (SSSR count). The summed E-state index contributed by atoms with van der Waals surface area (Å²) >= 11 is 0. The van der Waals surface area contributed by atoms with Crippen LogP contribution in [0.5, 0.6) is 0 Å². The third-order valence-electron chi connectivity index (χ3n) is 28.1. The smallest absolute Gasteiger partial charge is 0.143 e. The van der Waals surface area contributed by atoms with Gasteiger partial charge in [-0.1, -0.05) is 380 Å². The molecule has 0 amide bonds. The molecule has 600 valence electrons. The van der Waals surface area contributed by atoms with Crippen molar-refractivity contribution >= 4 is 109 Å². The van der Waals surface area contributed by atoms with E-state index in [1.807, 2.05) is 0 Å². The van der Waals surface area contributed by atoms with Crippen molar-refractivity contribution in [2.45, 2.75) is 38.5 Å². The highest BCUT2D eigenvalue weighted by atomic mass is 16.3. The molecule has 0 N–H and O–H groups in total. The second-order valence-electron chi connectivity index (χ2n) is 36.1. The fourth-order valence-corrected chi connectivity index (χ4v) is 21.3. The van der Waals surface area contributed by atoms with E-state index >= 15 is 0 Å². The molecule has 2 aromatic heterocycles. The monoisotopic (exact) mass is 1630 g/mol. The summed E-state index contributed by atoms with van der Waals surface area (Å²) in [7, 11) is 0. The van der Waals surface area contributed by atoms with Crippen LogP contribution >= 0.6 is 0 Å². The quantitative estimate of drug-likeness (QED) is 0.128. The van der Waals surface area contributed by atoms with Gasteiger partial charge in [-0.2, -0.15) is 0 Å². The highest BCUT2D eigenvalue weighted by Gasteiger charge is 2.37. The minimum absolute atomic E-state index is 0.0685. The van der Waals surface area contributed by atoms with E-state index < -0.39 is 0 Å². The summed E-state index contributed by atoms with van der Waals surface area (Å²) in [6, 6.07) is 161. The summed E-state index contributed by atoms with van der Waals surface area (Å²) in [5.41, 5.74) is 37.8. The predicted octanol–water partition coefficient (Wildman–Crippen LogP) is 35.4. The number of hydrogen-bond acceptors (Lipinski definition) is 2. The first-order valence-corrected chi connectivity index (χ1v) is 44.6. The van der Waals surface area contributed by atoms with Gasteiger partial charge in [0.25, 0.3) is 0 Å². The van der Waals surface area contributed by atoms with Crippen LogP contribution in [0.4, 0.5) is 0 Å². The lowest BCUT2D eigenvalue weighted by molar-refractivity contribution is 0.660. The first-order chi connectivity index (χ1) is 62.9. The van der Waals surface area contributed by atoms with Crippen molar-refractivity contribution in [2.24, 2.45) is 0 Å². The lowest BCUT2D eigenvalue weighted by Gasteiger charge is -2.22. The van der Waals surface area contributed by atoms with Crippen molar-refractivity contribution in [2.75, 3.05) is 0 Å². The summed E-state index contributed by atoms with van der Waals surface area (Å²) in [4.78, 5) is 0. The summed E-state index contributed by atoms with van der Waals surface area (Å²) < 4.78 is 13.8. The predicted molar refractivity (Wildman–Crippen MR) is 542 cm³/mol. The minimum atomic E-state index is -0.0966. The second-order valence-corrected chi connectivity index (χ2v) is 36.1. The van der Waals surface area contributed by atoms with Crippen molar-refractivity contribution in [1.82, 2.24) is 0 Å². The molecule has 2 aliphatic rings. The summed E-state index contributed by atoms with van der Waals surface area (Å²) in [6.07, 6.45) is 0. The molecule has 22 aromatic carbocycles. The van der Waals surface area contributed by atoms with Crippen molar-refractivity contribution in [1.29, 1.82) is 0 Å². The molecule has 2 heteroatoms. The Morgan fingerprint density at radius 1 is 0.141 bits per heavy atom. The van der Waals surface area contributed by atoms with E-state index in [2.05, 4.69) is 464 Å². The molecule has 0 spiro atoms. The van der Waals surface area contributed by atoms with Gasteiger partial charge in [-0.25, -0.2) is 0 Å². The summed E-state index contributed by atoms with van der Waals surface area (Å²) in [6.45, 7) is 9.43. The van der Waals surface area contributed by atoms with Crippen LogP contribution in [0.2, 0.25) is 0 Å². The molecule has 2 heterocycles. The van der Waals surface area contributed by atoms with Crippen LogP contribution in [-0.4, -0.2) is 0 Å². The zero-order valence-electron chi connectivity index (χ0n) is 71.4. The van der Waals surface area contributed by atoms with Crippen molar-refractivity contribution < 1.29 is 8.83 Å². The number of rotatable bonds is 10. The molecule has 0 saturated carbocycles. The van der Waals surface area contributed by atoms with Gasteiger partial charge in [0.1, 0.15) is 22.3 Å². The van der Waals surface area contributed by atoms with Gasteiger partial charge in [-0.3, -0.25) is 0 Å². The average Bonchev–Trinajstić information content (AvgIpc) is 1.57. The van der Waals surface area contributed by atoms with Gasteiger partial charge in [-0.05, 0) is 294 Å². The van der Waals surface area contributed by atoms with Gasteiger partial charge in [0.2, 0.25) is 0 Å². The van der Waals surface area contributed by atoms with Crippen LogP contribution in [0.3, 0.4) is 0 Å². The Morgan fingerprint density at radius 3 is 0.844 bits per heavy atom. The van der Waals surface area contributed by atoms with E-state index in [4.69, 9.17) is 8.83 Å². The highest BCUT2D eigenvalue weighted by Crippen LogP contribution is 2.54. The average molecular weight is 1630 g/mol. The van der Waals surface area contributed by atoms with E-state index in [0.717, 1.165) is 82.8 Å². The van der Waals surface area contributed by atoms with Crippen LogP contribution < -0.4 is 0 Å². The molecule has 0 atom stereocenters. The minimum Gasteiger partial charge on any atom is -0.455 e. The van der Waals surface area contributed by atoms with E-state index in [0.29, 0.717) is 0 Å². The normalized spacial score (nSPS) is 13.0. The maximum atomic E-state index is 6.94. The Morgan fingerprint density at radius 2 is 0.414 bits per heavy atom. The molecule has 24 aromatic rings. The molecule has 0 fully saturated rings. The lowest BCUT2D eigenvalue weighted by Crippen LogP contribution is -2.14. The van der Waals surface area contributed by atoms with Gasteiger partial charge in [0.05, 0.1) is 0 Å². The summed E-state index contributed by atoms with van der Waals surface area (Å²) in [5.74, 6) is 0. The fourth-order valence-electron chi connectivity index (χ4n) is 21.3. The van der Waals surface area contributed by atoms with Crippen molar-refractivity contribution in [3.05, 3.63) is 459 Å². The number of hydrogen-bond donors (Lipinski definition) is 0. The topological polar surface area (TPSA) is 26.3 Å². The molecule has 0 aliphatic heterocycles. The fraction of sp³-hybridized carbons (Fsp3) is 0.0476. The Hall–Kier alpha value is -16.0. The zero-order valence-corrected chi connectivity index (χ0v) is 71.4. The molecule has 0 bridgehead atoms. The first-order valence-electron chi connectivity index (χ1n) is 44.6. The van der Waals surface area contributed by atoms with Gasteiger partial charge >= 0.3 is 0 Å². The van der Waals surface area contributed by atoms with E-state index in [-0.39, 0.29) is 10.8 Å². The van der Waals surface area contributed by atoms with E-state index in [1.54, 1.807) is 0 Å². The lowest BCUT2D eigenvalue weighted by atomic mass is 9.81. The third-order valence-corrected chi connectivity index (χ3v) is 28.1. The first kappa shape index (κ1) is 74.6. The molecule has 2 nitrogen and oxygen atoms in total. The Bertz CT molecular complexity index is 8710. The van der Waals surface area contributed by atoms with E-state index in [9.17, 15) is 0 Å². The van der Waals surface area contributed by atoms with Crippen LogP contribution in [0.1, 0.15) is 49.9 Å². The van der Waals surface area contributed by atoms with Gasteiger partial charge in [0.15, 0.2) is 0 Å². The van der Waals surface area contributed by atoms with Gasteiger partial charge < -0.3 is 8.83 Å². The van der Waals surface area contributed by atoms with Crippen molar-refractivity contribution in [3.63, 3.8) is 0 Å². The Balaban J connectivity index is 0.000000139. The molecule has 2 aliphatic carbocycles. The molecule has 0 radical (unpaired) electrons. The molecule has 0 unspecified atom stereocenters. The van der Waals surface area contributed by atoms with Crippen LogP contribution in [0, 0.1) is 0 Å². The third kappa shape index (κ3) is 12.3. The SMILES string of the molecule is CC1(C)c2ccccc2-c2ccc(-c3ccc4oc5c(-c6ccc(-c7cc8ccccc8c8ccccc78)cc6)cc(-c6ccc7c(c6)C(C)(C)c6ccccc6-7)cc5c4c3)cc21.c1ccc2cc(-c3ccc(-c4ccc5oc6c(-c7ccc(-c8cc9ccccc9c9ccccc89)cc7)cc(-c7ccc(-c8ccc9ccccc9c8)cc7)cc6c5c4)cc3)ccc2c1. The molecular formula is C126H84O2. The maximum absolute atomic E-state index is 6.94. The number of benzene rings is 22. The second kappa shape index (κ2) is 29.3. The maximum Gasteiger partial charge on any atom is 0.143 e. The van der Waals surface area contributed by atoms with Crippen LogP contribution in [0.25, 0.3) is 242 Å². The number of fused-ring (bicyclic) bond motifs is 20. The van der Waals surface area contributed by atoms with Crippen LogP contribution in [-0.2, 0) is 10.8 Å². The van der Waals surface area contributed by atoms with Crippen molar-refractivity contribution in [3.8, 4) is 134 Å². The standard InChI is InChI=1S/C64H40O.C62H44O/c1-3-11-49-35-51(31-25-41(49)9-1)43-17-19-45(20-18-43)53-33-34-63-61(37-53)62-40-55(46-23-21-44(22-24-46)52-32-26-42-10-2-4-12-50(42)36-52)39-60(64(62)65-63)48-29-27-47(28-30-48)59-38-54-13-5-6-14-56(54)57-15-7-8-16-58(57)59;1-61(2)55-19-11-9-17-47(55)49-28-25-40(35-57(49)61)39-27-30-59-53(31-39)54-34-43(41-26-29-50-48-18-10-12-20-56(48)62(3,4)58(50)36-41)33-52(60(54)63-59)38-23-21-37(22-24-38)51-32-42-13-5-6-14-44(42)45-15-7-8-16-46(45)51/h1-40H;5-36H,1-4H3. The van der Waals surface area contributed by atoms with E-state index in [1.165, 1.54) is 181 Å². The Labute approximate surface area is 743 Å². The zero-order chi connectivity index (χ0) is 85.0. The summed E-state index contributed by atoms with van der Waals surface area (Å²) in [5, 5.41) is 19.6. The van der Waals surface area contributed by atoms with Gasteiger partial charge in [0, 0.05) is 43.5 Å². The van der Waals surface area contributed by atoms with Gasteiger partial charge in [-0.15, -0.1) is 0 Å². The molecule has 128 heavy (non-hydrogen) atoms. The molecular weight excluding hydrogens is 1550 g/mol. The molecule has 0 saturated heterocycles. The Kier molecular flexibility index (Phi) is 17.1. The largest absolute Gasteiger partial charge is 0.455 e. The van der Waals surface area contributed by atoms with Crippen LogP contribution in [0.15, 0.2) is 446 Å². The highest BCUT2D eigenvalue weighted by molar-refractivity contribution is 6.18. The number of furan rings is 2.